The van der Waals surface area contributed by atoms with Gasteiger partial charge in [0.25, 0.3) is 5.92 Å². The molecule has 0 saturated carbocycles. The van der Waals surface area contributed by atoms with Gasteiger partial charge in [-0.15, -0.1) is 0 Å². The highest BCUT2D eigenvalue weighted by Gasteiger charge is 2.59. The number of halogens is 4. The van der Waals surface area contributed by atoms with Gasteiger partial charge in [0.2, 0.25) is 0 Å². The van der Waals surface area contributed by atoms with E-state index in [2.05, 4.69) is 0 Å². The molecule has 1 aromatic rings. The Morgan fingerprint density at radius 2 is 2.05 bits per heavy atom. The van der Waals surface area contributed by atoms with Crippen molar-refractivity contribution in [2.45, 2.75) is 24.7 Å². The van der Waals surface area contributed by atoms with Gasteiger partial charge in [-0.2, -0.15) is 0 Å². The minimum Gasteiger partial charge on any atom is -0.398 e. The zero-order chi connectivity index (χ0) is 15.3. The summed E-state index contributed by atoms with van der Waals surface area (Å²) in [6.45, 7) is 0.362. The number of benzene rings is 1. The van der Waals surface area contributed by atoms with Crippen molar-refractivity contribution in [3.63, 3.8) is 0 Å². The molecule has 2 rings (SSSR count). The van der Waals surface area contributed by atoms with E-state index < -0.39 is 30.2 Å². The summed E-state index contributed by atoms with van der Waals surface area (Å²) >= 11 is 1.84. The van der Waals surface area contributed by atoms with Gasteiger partial charge in [-0.05, 0) is 48.7 Å². The van der Waals surface area contributed by atoms with Gasteiger partial charge in [0.1, 0.15) is 18.0 Å². The molecule has 4 N–H and O–H groups in total. The Morgan fingerprint density at radius 1 is 1.45 bits per heavy atom. The summed E-state index contributed by atoms with van der Waals surface area (Å²) in [5.74, 6) is -4.05. The van der Waals surface area contributed by atoms with Crippen LogP contribution in [0, 0.1) is 9.39 Å². The molecule has 1 fully saturated rings. The molecule has 1 aliphatic rings. The number of ether oxygens (including phenoxy) is 1. The molecular formula is C12H15F3IN3O. The van der Waals surface area contributed by atoms with Gasteiger partial charge in [0, 0.05) is 14.8 Å². The second-order valence-electron chi connectivity index (χ2n) is 4.94. The number of alkyl halides is 2. The van der Waals surface area contributed by atoms with Gasteiger partial charge in [0.15, 0.2) is 6.35 Å². The van der Waals surface area contributed by atoms with Crippen molar-refractivity contribution in [3.05, 3.63) is 27.1 Å². The first kappa shape index (κ1) is 15.8. The normalized spacial score (nSPS) is 30.4. The molecule has 1 unspecified atom stereocenters. The van der Waals surface area contributed by atoms with E-state index in [-0.39, 0.29) is 11.3 Å². The maximum atomic E-state index is 14.3. The molecule has 112 valence electrons. The van der Waals surface area contributed by atoms with Crippen molar-refractivity contribution in [2.75, 3.05) is 19.4 Å². The maximum absolute atomic E-state index is 14.3. The van der Waals surface area contributed by atoms with Gasteiger partial charge in [-0.3, -0.25) is 10.6 Å². The molecular weight excluding hydrogens is 386 g/mol. The number of nitrogens with zero attached hydrogens (tertiary/aromatic N) is 1. The van der Waals surface area contributed by atoms with E-state index in [9.17, 15) is 13.2 Å². The Bertz CT molecular complexity index is 543. The van der Waals surface area contributed by atoms with E-state index in [1.54, 1.807) is 0 Å². The van der Waals surface area contributed by atoms with Crippen LogP contribution in [0.3, 0.4) is 0 Å². The lowest BCUT2D eigenvalue weighted by Crippen LogP contribution is -2.67. The van der Waals surface area contributed by atoms with Gasteiger partial charge >= 0.3 is 0 Å². The van der Waals surface area contributed by atoms with Gasteiger partial charge in [-0.25, -0.2) is 13.2 Å². The van der Waals surface area contributed by atoms with Crippen LogP contribution in [0.15, 0.2) is 12.1 Å². The summed E-state index contributed by atoms with van der Waals surface area (Å²) in [7, 11) is 1.37. The molecule has 0 radical (unpaired) electrons. The molecule has 0 aromatic heterocycles. The predicted octanol–water partition coefficient (Wildman–Crippen LogP) is 2.07. The summed E-state index contributed by atoms with van der Waals surface area (Å²) in [5.41, 5.74) is 9.48. The number of hydrogen-bond acceptors (Lipinski definition) is 4. The van der Waals surface area contributed by atoms with Crippen LogP contribution in [0.2, 0.25) is 0 Å². The maximum Gasteiger partial charge on any atom is 0.293 e. The van der Waals surface area contributed by atoms with Crippen LogP contribution in [0.1, 0.15) is 12.5 Å². The van der Waals surface area contributed by atoms with Crippen molar-refractivity contribution in [3.8, 4) is 0 Å². The zero-order valence-corrected chi connectivity index (χ0v) is 13.1. The fraction of sp³-hybridized carbons (Fsp3) is 0.500. The molecule has 0 aliphatic carbocycles. The first-order chi connectivity index (χ1) is 9.11. The quantitative estimate of drug-likeness (QED) is 0.559. The van der Waals surface area contributed by atoms with E-state index in [1.807, 2.05) is 22.6 Å². The molecule has 0 amide bonds. The van der Waals surface area contributed by atoms with Crippen LogP contribution in [-0.4, -0.2) is 30.8 Å². The second kappa shape index (κ2) is 5.00. The number of hydrogen-bond donors (Lipinski definition) is 2. The third-order valence-corrected chi connectivity index (χ3v) is 4.78. The van der Waals surface area contributed by atoms with Crippen molar-refractivity contribution < 1.29 is 17.9 Å². The van der Waals surface area contributed by atoms with Crippen LogP contribution < -0.4 is 11.5 Å². The van der Waals surface area contributed by atoms with Crippen LogP contribution in [0.25, 0.3) is 0 Å². The molecule has 2 atom stereocenters. The summed E-state index contributed by atoms with van der Waals surface area (Å²) in [6.07, 6.45) is -1.04. The van der Waals surface area contributed by atoms with E-state index >= 15 is 0 Å². The third-order valence-electron chi connectivity index (χ3n) is 3.85. The van der Waals surface area contributed by atoms with Gasteiger partial charge in [0.05, 0.1) is 0 Å². The SMILES string of the molecule is CN1C(N)OCC(F)(F)[C@@]1(C)c1cc(N)c(I)cc1F. The van der Waals surface area contributed by atoms with Crippen LogP contribution in [0.4, 0.5) is 18.9 Å². The number of nitrogen functional groups attached to an aromatic ring is 1. The van der Waals surface area contributed by atoms with Crippen molar-refractivity contribution in [1.29, 1.82) is 0 Å². The van der Waals surface area contributed by atoms with Gasteiger partial charge < -0.3 is 10.5 Å². The summed E-state index contributed by atoms with van der Waals surface area (Å²) in [4.78, 5) is 1.11. The summed E-state index contributed by atoms with van der Waals surface area (Å²) in [5, 5.41) is 0. The predicted molar refractivity (Wildman–Crippen MR) is 77.5 cm³/mol. The summed E-state index contributed by atoms with van der Waals surface area (Å²) in [6, 6.07) is 2.38. The van der Waals surface area contributed by atoms with Crippen LogP contribution in [-0.2, 0) is 10.3 Å². The molecule has 8 heteroatoms. The third kappa shape index (κ3) is 2.18. The number of anilines is 1. The summed E-state index contributed by atoms with van der Waals surface area (Å²) < 4.78 is 48.2. The van der Waals surface area contributed by atoms with Crippen LogP contribution >= 0.6 is 22.6 Å². The number of nitrogens with two attached hydrogens (primary N) is 2. The molecule has 4 nitrogen and oxygen atoms in total. The standard InChI is InChI=1S/C12H15F3IN3O/c1-11(6-3-9(17)8(16)4-7(6)13)12(14,15)5-20-10(18)19(11)2/h3-4,10H,5,17-18H2,1-2H3/t10?,11-/m1/s1. The average molecular weight is 401 g/mol. The highest BCUT2D eigenvalue weighted by molar-refractivity contribution is 14.1. The monoisotopic (exact) mass is 401 g/mol. The molecule has 1 aromatic carbocycles. The Hall–Kier alpha value is -0.580. The Balaban J connectivity index is 2.65. The first-order valence-corrected chi connectivity index (χ1v) is 6.92. The van der Waals surface area contributed by atoms with E-state index in [1.165, 1.54) is 20.0 Å². The van der Waals surface area contributed by atoms with E-state index in [4.69, 9.17) is 16.2 Å². The highest BCUT2D eigenvalue weighted by atomic mass is 127. The number of rotatable bonds is 1. The largest absolute Gasteiger partial charge is 0.398 e. The molecule has 0 bridgehead atoms. The van der Waals surface area contributed by atoms with Gasteiger partial charge in [-0.1, -0.05) is 0 Å². The van der Waals surface area contributed by atoms with E-state index in [0.29, 0.717) is 3.57 Å². The first-order valence-electron chi connectivity index (χ1n) is 5.84. The minimum absolute atomic E-state index is 0.193. The lowest BCUT2D eigenvalue weighted by atomic mass is 9.82. The average Bonchev–Trinajstić information content (AvgIpc) is 2.36. The molecule has 1 aliphatic heterocycles. The lowest BCUT2D eigenvalue weighted by molar-refractivity contribution is -0.272. The fourth-order valence-corrected chi connectivity index (χ4v) is 2.71. The molecule has 1 saturated heterocycles. The van der Waals surface area contributed by atoms with E-state index in [0.717, 1.165) is 11.0 Å². The zero-order valence-electron chi connectivity index (χ0n) is 11.0. The highest BCUT2D eigenvalue weighted by Crippen LogP contribution is 2.47. The Morgan fingerprint density at radius 3 is 2.65 bits per heavy atom. The smallest absolute Gasteiger partial charge is 0.293 e. The van der Waals surface area contributed by atoms with Crippen molar-refractivity contribution in [2.24, 2.45) is 5.73 Å². The molecule has 0 spiro atoms. The fourth-order valence-electron chi connectivity index (χ4n) is 2.28. The topological polar surface area (TPSA) is 64.5 Å². The van der Waals surface area contributed by atoms with Crippen molar-refractivity contribution in [1.82, 2.24) is 4.90 Å². The molecule has 1 heterocycles. The Labute approximate surface area is 128 Å². The minimum atomic E-state index is -3.31. The van der Waals surface area contributed by atoms with Crippen molar-refractivity contribution >= 4 is 28.3 Å². The van der Waals surface area contributed by atoms with Crippen LogP contribution in [0.5, 0.6) is 0 Å². The lowest BCUT2D eigenvalue weighted by Gasteiger charge is -2.50. The molecule has 20 heavy (non-hydrogen) atoms. The second-order valence-corrected chi connectivity index (χ2v) is 6.10. The Kier molecular flexibility index (Phi) is 3.95.